The summed E-state index contributed by atoms with van der Waals surface area (Å²) in [6, 6.07) is 8.88. The Morgan fingerprint density at radius 1 is 1.30 bits per heavy atom. The molecule has 0 radical (unpaired) electrons. The predicted molar refractivity (Wildman–Crippen MR) is 109 cm³/mol. The standard InChI is InChI=1S/C19H23N5O5P/c1-3-26-17-15-16(22-19(20)23-17)24(11-21-15)18-12(2)9-14(28-18)10-27-30(25)29-13-7-5-4-6-8-13/h4-8,11-12,14,18H,3,9-10H2,1-2H3,(H2,20,22,23)/q+1/t12-,14-,18+/m0/s1. The van der Waals surface area contributed by atoms with E-state index in [0.717, 1.165) is 6.42 Å². The lowest BCUT2D eigenvalue weighted by Crippen LogP contribution is -2.16. The Hall–Kier alpha value is -2.81. The summed E-state index contributed by atoms with van der Waals surface area (Å²) in [6.07, 6.45) is 1.80. The van der Waals surface area contributed by atoms with E-state index >= 15 is 0 Å². The highest BCUT2D eigenvalue weighted by molar-refractivity contribution is 7.33. The minimum absolute atomic E-state index is 0.105. The molecule has 1 aliphatic heterocycles. The van der Waals surface area contributed by atoms with E-state index in [9.17, 15) is 4.57 Å². The minimum Gasteiger partial charge on any atom is -0.476 e. The van der Waals surface area contributed by atoms with Crippen LogP contribution in [0, 0.1) is 5.92 Å². The summed E-state index contributed by atoms with van der Waals surface area (Å²) in [5.74, 6) is 1.09. The van der Waals surface area contributed by atoms with Gasteiger partial charge in [0.2, 0.25) is 11.8 Å². The van der Waals surface area contributed by atoms with E-state index in [-0.39, 0.29) is 30.8 Å². The Balaban J connectivity index is 1.42. The van der Waals surface area contributed by atoms with Crippen LogP contribution in [0.1, 0.15) is 26.5 Å². The van der Waals surface area contributed by atoms with Crippen LogP contribution >= 0.6 is 8.25 Å². The molecule has 2 N–H and O–H groups in total. The first kappa shape index (κ1) is 20.5. The number of nitrogens with two attached hydrogens (primary N) is 1. The summed E-state index contributed by atoms with van der Waals surface area (Å²) in [6.45, 7) is 4.51. The van der Waals surface area contributed by atoms with Crippen molar-refractivity contribution >= 4 is 25.4 Å². The molecule has 1 aromatic carbocycles. The number of nitrogens with zero attached hydrogens (tertiary/aromatic N) is 4. The molecule has 1 aliphatic rings. The highest BCUT2D eigenvalue weighted by atomic mass is 31.1. The van der Waals surface area contributed by atoms with E-state index in [1.54, 1.807) is 30.6 Å². The zero-order chi connectivity index (χ0) is 21.1. The highest BCUT2D eigenvalue weighted by Crippen LogP contribution is 2.38. The lowest BCUT2D eigenvalue weighted by Gasteiger charge is -2.17. The maximum absolute atomic E-state index is 12.1. The van der Waals surface area contributed by atoms with Crippen LogP contribution in [0.5, 0.6) is 11.6 Å². The van der Waals surface area contributed by atoms with Gasteiger partial charge < -0.3 is 15.2 Å². The van der Waals surface area contributed by atoms with Crippen molar-refractivity contribution in [2.24, 2.45) is 5.92 Å². The third kappa shape index (κ3) is 4.35. The third-order valence-corrected chi connectivity index (χ3v) is 5.42. The van der Waals surface area contributed by atoms with Gasteiger partial charge in [-0.15, -0.1) is 4.52 Å². The number of ether oxygens (including phenoxy) is 2. The number of imidazole rings is 1. The van der Waals surface area contributed by atoms with Gasteiger partial charge in [0.15, 0.2) is 16.9 Å². The van der Waals surface area contributed by atoms with Crippen molar-refractivity contribution in [2.75, 3.05) is 18.9 Å². The Kier molecular flexibility index (Phi) is 6.08. The predicted octanol–water partition coefficient (Wildman–Crippen LogP) is 3.48. The summed E-state index contributed by atoms with van der Waals surface area (Å²) in [4.78, 5) is 12.8. The number of benzene rings is 1. The van der Waals surface area contributed by atoms with Crippen LogP contribution < -0.4 is 15.0 Å². The zero-order valence-electron chi connectivity index (χ0n) is 16.7. The molecule has 0 spiro atoms. The fraction of sp³-hybridized carbons (Fsp3) is 0.421. The number of hydrogen-bond donors (Lipinski definition) is 1. The highest BCUT2D eigenvalue weighted by Gasteiger charge is 2.37. The van der Waals surface area contributed by atoms with Gasteiger partial charge in [0.25, 0.3) is 0 Å². The molecule has 2 aromatic heterocycles. The second kappa shape index (κ2) is 8.91. The van der Waals surface area contributed by atoms with Gasteiger partial charge in [-0.05, 0) is 25.5 Å². The SMILES string of the molecule is CCOc1nc(N)nc2c1ncn2[C@@H]1O[C@H](CO[P+](=O)Oc2ccccc2)C[C@@H]1C. The maximum atomic E-state index is 12.1. The molecule has 158 valence electrons. The molecule has 3 aromatic rings. The first-order valence-corrected chi connectivity index (χ1v) is 10.8. The van der Waals surface area contributed by atoms with Crippen LogP contribution in [0.4, 0.5) is 5.95 Å². The van der Waals surface area contributed by atoms with Crippen LogP contribution in [-0.4, -0.2) is 38.8 Å². The third-order valence-electron chi connectivity index (χ3n) is 4.70. The van der Waals surface area contributed by atoms with Gasteiger partial charge in [0.05, 0.1) is 19.0 Å². The molecule has 1 fully saturated rings. The summed E-state index contributed by atoms with van der Waals surface area (Å²) in [7, 11) is -2.29. The second-order valence-electron chi connectivity index (χ2n) is 6.93. The first-order chi connectivity index (χ1) is 14.5. The largest absolute Gasteiger partial charge is 0.750 e. The maximum Gasteiger partial charge on any atom is 0.750 e. The lowest BCUT2D eigenvalue weighted by atomic mass is 10.1. The van der Waals surface area contributed by atoms with Crippen molar-refractivity contribution in [3.63, 3.8) is 0 Å². The zero-order valence-corrected chi connectivity index (χ0v) is 17.6. The molecular weight excluding hydrogens is 409 g/mol. The molecule has 4 rings (SSSR count). The van der Waals surface area contributed by atoms with E-state index in [1.807, 2.05) is 17.6 Å². The summed E-state index contributed by atoms with van der Waals surface area (Å²) in [5, 5.41) is 0. The molecule has 3 heterocycles. The van der Waals surface area contributed by atoms with Crippen LogP contribution in [0.15, 0.2) is 36.7 Å². The van der Waals surface area contributed by atoms with Gasteiger partial charge in [-0.1, -0.05) is 25.1 Å². The van der Waals surface area contributed by atoms with Gasteiger partial charge >= 0.3 is 8.25 Å². The van der Waals surface area contributed by atoms with Crippen LogP contribution in [0.3, 0.4) is 0 Å². The number of nitrogen functional groups attached to an aromatic ring is 1. The summed E-state index contributed by atoms with van der Waals surface area (Å²) < 4.78 is 36.2. The van der Waals surface area contributed by atoms with E-state index < -0.39 is 8.25 Å². The summed E-state index contributed by atoms with van der Waals surface area (Å²) in [5.41, 5.74) is 6.91. The topological polar surface area (TPSA) is 124 Å². The molecule has 30 heavy (non-hydrogen) atoms. The molecule has 0 bridgehead atoms. The first-order valence-electron chi connectivity index (χ1n) is 9.66. The van der Waals surface area contributed by atoms with E-state index in [0.29, 0.717) is 29.4 Å². The van der Waals surface area contributed by atoms with Crippen LogP contribution in [-0.2, 0) is 13.8 Å². The number of anilines is 1. The van der Waals surface area contributed by atoms with Crippen LogP contribution in [0.2, 0.25) is 0 Å². The molecule has 0 amide bonds. The Morgan fingerprint density at radius 3 is 2.87 bits per heavy atom. The smallest absolute Gasteiger partial charge is 0.476 e. The average Bonchev–Trinajstić information content (AvgIpc) is 3.30. The van der Waals surface area contributed by atoms with Gasteiger partial charge in [0.1, 0.15) is 12.8 Å². The number of hydrogen-bond acceptors (Lipinski definition) is 9. The fourth-order valence-electron chi connectivity index (χ4n) is 3.43. The fourth-order valence-corrected chi connectivity index (χ4v) is 4.07. The van der Waals surface area contributed by atoms with E-state index in [4.69, 9.17) is 24.3 Å². The molecule has 0 aliphatic carbocycles. The molecule has 1 saturated heterocycles. The molecule has 1 unspecified atom stereocenters. The van der Waals surface area contributed by atoms with E-state index in [2.05, 4.69) is 21.9 Å². The second-order valence-corrected chi connectivity index (χ2v) is 7.82. The lowest BCUT2D eigenvalue weighted by molar-refractivity contribution is -0.0253. The van der Waals surface area contributed by atoms with Crippen molar-refractivity contribution in [1.29, 1.82) is 0 Å². The van der Waals surface area contributed by atoms with Crippen molar-refractivity contribution < 1.29 is 23.1 Å². The number of fused-ring (bicyclic) bond motifs is 1. The van der Waals surface area contributed by atoms with Crippen molar-refractivity contribution in [2.45, 2.75) is 32.6 Å². The van der Waals surface area contributed by atoms with Gasteiger partial charge in [-0.2, -0.15) is 9.97 Å². The number of rotatable bonds is 8. The Labute approximate surface area is 174 Å². The molecule has 4 atom stereocenters. The molecule has 0 saturated carbocycles. The number of aromatic nitrogens is 4. The quantitative estimate of drug-likeness (QED) is 0.533. The molecule has 10 nitrogen and oxygen atoms in total. The van der Waals surface area contributed by atoms with Crippen molar-refractivity contribution in [3.8, 4) is 11.6 Å². The minimum atomic E-state index is -2.29. The van der Waals surface area contributed by atoms with Gasteiger partial charge in [-0.3, -0.25) is 4.57 Å². The van der Waals surface area contributed by atoms with E-state index in [1.165, 1.54) is 0 Å². The monoisotopic (exact) mass is 432 g/mol. The normalized spacial score (nSPS) is 21.7. The van der Waals surface area contributed by atoms with Crippen molar-refractivity contribution in [3.05, 3.63) is 36.7 Å². The van der Waals surface area contributed by atoms with Crippen molar-refractivity contribution in [1.82, 2.24) is 19.5 Å². The Morgan fingerprint density at radius 2 is 2.10 bits per heavy atom. The molecule has 11 heteroatoms. The van der Waals surface area contributed by atoms with Gasteiger partial charge in [0, 0.05) is 10.5 Å². The number of para-hydroxylation sites is 1. The van der Waals surface area contributed by atoms with Crippen LogP contribution in [0.25, 0.3) is 11.2 Å². The molecular formula is C19H23N5O5P+. The summed E-state index contributed by atoms with van der Waals surface area (Å²) >= 11 is 0. The van der Waals surface area contributed by atoms with Gasteiger partial charge in [-0.25, -0.2) is 9.51 Å². The Bertz CT molecular complexity index is 1030. The average molecular weight is 432 g/mol.